The van der Waals surface area contributed by atoms with Gasteiger partial charge in [-0.1, -0.05) is 18.2 Å². The molecule has 2 aromatic carbocycles. The Morgan fingerprint density at radius 1 is 0.804 bits per heavy atom. The topological polar surface area (TPSA) is 165 Å². The molecule has 5 aliphatic rings. The van der Waals surface area contributed by atoms with Crippen molar-refractivity contribution in [1.29, 1.82) is 0 Å². The second-order valence-corrected chi connectivity index (χ2v) is 15.0. The number of amides is 4. The van der Waals surface area contributed by atoms with E-state index in [0.29, 0.717) is 87.2 Å². The number of hydrogen-bond acceptors (Lipinski definition) is 8. The van der Waals surface area contributed by atoms with Gasteiger partial charge in [0.05, 0.1) is 11.9 Å². The van der Waals surface area contributed by atoms with Crippen molar-refractivity contribution < 1.29 is 33.5 Å². The highest BCUT2D eigenvalue weighted by Crippen LogP contribution is 2.43. The smallest absolute Gasteiger partial charge is 0.326 e. The summed E-state index contributed by atoms with van der Waals surface area (Å²) < 4.78 is 6.53. The number of carboxylic acid groups (broad SMARTS) is 1. The van der Waals surface area contributed by atoms with E-state index in [1.807, 2.05) is 58.0 Å². The monoisotopic (exact) mass is 762 g/mol. The first kappa shape index (κ1) is 38.6. The Balaban J connectivity index is 1.14. The van der Waals surface area contributed by atoms with E-state index in [1.54, 1.807) is 12.1 Å². The fraction of sp³-hybridized carbons (Fsp3) is 0.442. The minimum absolute atomic E-state index is 0.305. The number of carbonyl (C=O) groups excluding carboxylic acids is 4. The van der Waals surface area contributed by atoms with Gasteiger partial charge in [0.15, 0.2) is 0 Å². The summed E-state index contributed by atoms with van der Waals surface area (Å²) in [6.07, 6.45) is 3.13. The van der Waals surface area contributed by atoms with Crippen molar-refractivity contribution >= 4 is 46.3 Å². The lowest BCUT2D eigenvalue weighted by Gasteiger charge is -2.33. The van der Waals surface area contributed by atoms with Crippen LogP contribution in [-0.2, 0) is 19.2 Å². The molecule has 4 amide bonds. The van der Waals surface area contributed by atoms with Crippen LogP contribution in [0.3, 0.4) is 0 Å². The van der Waals surface area contributed by atoms with E-state index in [9.17, 15) is 29.1 Å². The van der Waals surface area contributed by atoms with Crippen LogP contribution in [0.25, 0.3) is 33.4 Å². The number of benzene rings is 3. The summed E-state index contributed by atoms with van der Waals surface area (Å²) in [7, 11) is 0. The van der Waals surface area contributed by atoms with Gasteiger partial charge < -0.3 is 34.9 Å². The largest absolute Gasteiger partial charge is 0.480 e. The van der Waals surface area contributed by atoms with Gasteiger partial charge in [-0.25, -0.2) is 4.79 Å². The molecule has 0 bridgehead atoms. The molecule has 0 saturated carbocycles. The molecule has 3 N–H and O–H groups in total. The second kappa shape index (κ2) is 16.2. The molecule has 7 rings (SSSR count). The van der Waals surface area contributed by atoms with Crippen molar-refractivity contribution in [1.82, 2.24) is 20.0 Å². The highest BCUT2D eigenvalue weighted by Gasteiger charge is 2.45. The molecule has 2 aromatic rings. The van der Waals surface area contributed by atoms with Gasteiger partial charge in [-0.15, -0.1) is 0 Å². The summed E-state index contributed by atoms with van der Waals surface area (Å²) >= 11 is 0. The number of rotatable bonds is 10. The molecule has 13 heteroatoms. The maximum atomic E-state index is 14.1. The first-order valence-corrected chi connectivity index (χ1v) is 19.8. The highest BCUT2D eigenvalue weighted by molar-refractivity contribution is 6.10. The van der Waals surface area contributed by atoms with Crippen molar-refractivity contribution in [2.24, 2.45) is 4.99 Å². The highest BCUT2D eigenvalue weighted by atomic mass is 16.4. The van der Waals surface area contributed by atoms with E-state index in [1.165, 1.54) is 14.7 Å². The van der Waals surface area contributed by atoms with Gasteiger partial charge in [0.25, 0.3) is 5.91 Å². The van der Waals surface area contributed by atoms with Gasteiger partial charge >= 0.3 is 5.97 Å². The molecular formula is C43H50N6O7. The van der Waals surface area contributed by atoms with Gasteiger partial charge in [-0.05, 0) is 101 Å². The summed E-state index contributed by atoms with van der Waals surface area (Å²) in [6, 6.07) is 13.0. The van der Waals surface area contributed by atoms with Crippen molar-refractivity contribution in [3.05, 3.63) is 70.6 Å². The molecule has 0 radical (unpaired) electrons. The van der Waals surface area contributed by atoms with E-state index in [4.69, 9.17) is 4.42 Å². The standard InChI is InChI=1S/C43H50N6O7/c1-5-44-31-22-36-29(20-25(31)3)39(30-21-26(4)32(45-6-2)23-37(30)56-36)27-12-7-8-13-28(27)40(51)46-24-38(50)47-17-9-14-33(47)41(52)48-18-10-15-34(48)42(53)49-19-11-16-35(49)43(54)55/h7-8,12-13,20-23,33-35,44H,5-6,9-11,14-19,24H2,1-4H3,(H,46,51)(H,54,55). The maximum absolute atomic E-state index is 14.1. The molecule has 1 aliphatic carbocycles. The van der Waals surface area contributed by atoms with Crippen LogP contribution in [0.1, 0.15) is 73.9 Å². The van der Waals surface area contributed by atoms with Crippen molar-refractivity contribution in [2.75, 3.05) is 44.6 Å². The lowest BCUT2D eigenvalue weighted by molar-refractivity contribution is -0.153. The molecule has 4 aliphatic heterocycles. The first-order chi connectivity index (χ1) is 27.0. The van der Waals surface area contributed by atoms with Crippen LogP contribution in [0.5, 0.6) is 0 Å². The van der Waals surface area contributed by atoms with Crippen LogP contribution in [0.2, 0.25) is 0 Å². The van der Waals surface area contributed by atoms with Crippen molar-refractivity contribution in [3.63, 3.8) is 0 Å². The quantitative estimate of drug-likeness (QED) is 0.191. The average Bonchev–Trinajstić information content (AvgIpc) is 3.99. The molecule has 3 fully saturated rings. The Morgan fingerprint density at radius 2 is 1.45 bits per heavy atom. The zero-order chi connectivity index (χ0) is 39.7. The summed E-state index contributed by atoms with van der Waals surface area (Å²) in [5.74, 6) is -1.86. The minimum atomic E-state index is -1.04. The number of nitrogens with zero attached hydrogens (tertiary/aromatic N) is 4. The number of carboxylic acids is 1. The average molecular weight is 763 g/mol. The van der Waals surface area contributed by atoms with E-state index < -0.39 is 30.0 Å². The van der Waals surface area contributed by atoms with Gasteiger partial charge in [-0.3, -0.25) is 24.2 Å². The summed E-state index contributed by atoms with van der Waals surface area (Å²) in [5.41, 5.74) is 6.33. The first-order valence-electron chi connectivity index (χ1n) is 19.8. The van der Waals surface area contributed by atoms with E-state index in [-0.39, 0.29) is 24.3 Å². The zero-order valence-electron chi connectivity index (χ0n) is 32.5. The van der Waals surface area contributed by atoms with Crippen molar-refractivity contribution in [2.45, 2.75) is 84.3 Å². The molecule has 0 spiro atoms. The Labute approximate surface area is 326 Å². The Morgan fingerprint density at radius 3 is 2.12 bits per heavy atom. The lowest BCUT2D eigenvalue weighted by Crippen LogP contribution is -2.55. The van der Waals surface area contributed by atoms with Crippen LogP contribution in [0, 0.1) is 13.8 Å². The van der Waals surface area contributed by atoms with Crippen LogP contribution >= 0.6 is 0 Å². The lowest BCUT2D eigenvalue weighted by atomic mass is 9.89. The number of fused-ring (bicyclic) bond motifs is 2. The van der Waals surface area contributed by atoms with Gasteiger partial charge in [-0.2, -0.15) is 0 Å². The summed E-state index contributed by atoms with van der Waals surface area (Å²) in [4.78, 5) is 76.3. The molecular weight excluding hydrogens is 713 g/mol. The minimum Gasteiger partial charge on any atom is -0.480 e. The summed E-state index contributed by atoms with van der Waals surface area (Å²) in [6.45, 7) is 10.2. The van der Waals surface area contributed by atoms with E-state index in [2.05, 4.69) is 21.7 Å². The summed E-state index contributed by atoms with van der Waals surface area (Å²) in [5, 5.41) is 17.6. The molecule has 3 unspecified atom stereocenters. The van der Waals surface area contributed by atoms with Gasteiger partial charge in [0.2, 0.25) is 17.7 Å². The Bertz CT molecular complexity index is 2250. The fourth-order valence-electron chi connectivity index (χ4n) is 8.73. The molecule has 4 heterocycles. The molecule has 13 nitrogen and oxygen atoms in total. The van der Waals surface area contributed by atoms with E-state index >= 15 is 0 Å². The number of carbonyl (C=O) groups is 5. The van der Waals surface area contributed by atoms with Crippen LogP contribution in [0.4, 0.5) is 5.69 Å². The SMILES string of the molecule is CCN=c1cc2oc3cc(NCC)c(C)cc3c(-c3ccccc3C(=O)NCC(=O)N3CCCC3C(=O)N3CCCC3C(=O)N3CCCC3C(=O)O)c-2cc1C. The number of nitrogens with one attached hydrogen (secondary N) is 2. The Hall–Kier alpha value is -5.72. The number of aliphatic carboxylic acids is 1. The Kier molecular flexibility index (Phi) is 11.1. The third-order valence-electron chi connectivity index (χ3n) is 11.4. The van der Waals surface area contributed by atoms with Crippen LogP contribution in [-0.4, -0.2) is 107 Å². The van der Waals surface area contributed by atoms with Crippen LogP contribution < -0.4 is 16.0 Å². The number of anilines is 1. The zero-order valence-corrected chi connectivity index (χ0v) is 32.5. The third kappa shape index (κ3) is 7.22. The van der Waals surface area contributed by atoms with Crippen molar-refractivity contribution in [3.8, 4) is 22.5 Å². The molecule has 0 aromatic heterocycles. The normalized spacial score (nSPS) is 20.0. The fourth-order valence-corrected chi connectivity index (χ4v) is 8.73. The molecule has 3 saturated heterocycles. The predicted molar refractivity (Wildman–Crippen MR) is 212 cm³/mol. The number of hydrogen-bond donors (Lipinski definition) is 3. The second-order valence-electron chi connectivity index (χ2n) is 15.0. The van der Waals surface area contributed by atoms with Gasteiger partial charge in [0, 0.05) is 72.6 Å². The van der Waals surface area contributed by atoms with Crippen LogP contribution in [0.15, 0.2) is 57.9 Å². The number of aryl methyl sites for hydroxylation is 2. The van der Waals surface area contributed by atoms with E-state index in [0.717, 1.165) is 45.2 Å². The molecule has 3 atom stereocenters. The third-order valence-corrected chi connectivity index (χ3v) is 11.4. The van der Waals surface area contributed by atoms with Gasteiger partial charge in [0.1, 0.15) is 29.5 Å². The predicted octanol–water partition coefficient (Wildman–Crippen LogP) is 4.96. The molecule has 56 heavy (non-hydrogen) atoms. The number of likely N-dealkylation sites (tertiary alicyclic amines) is 3. The maximum Gasteiger partial charge on any atom is 0.326 e. The molecule has 294 valence electrons.